The Labute approximate surface area is 176 Å². The van der Waals surface area contributed by atoms with Gasteiger partial charge in [0.15, 0.2) is 5.65 Å². The fourth-order valence-corrected chi connectivity index (χ4v) is 3.81. The normalized spacial score (nSPS) is 11.8. The SMILES string of the molecule is CC(C)(C)Nc1c(-c2ccccc2)nc2cnc(-c3cccc4ccccc34)cn12. The lowest BCUT2D eigenvalue weighted by atomic mass is 10.0. The molecule has 0 amide bonds. The Morgan fingerprint density at radius 1 is 0.833 bits per heavy atom. The van der Waals surface area contributed by atoms with Crippen LogP contribution < -0.4 is 5.32 Å². The molecule has 4 heteroatoms. The molecule has 0 aliphatic carbocycles. The second kappa shape index (κ2) is 6.99. The van der Waals surface area contributed by atoms with E-state index in [1.807, 2.05) is 24.4 Å². The van der Waals surface area contributed by atoms with Crippen molar-refractivity contribution in [1.29, 1.82) is 0 Å². The van der Waals surface area contributed by atoms with Gasteiger partial charge in [0, 0.05) is 22.9 Å². The van der Waals surface area contributed by atoms with Crippen molar-refractivity contribution in [2.75, 3.05) is 5.32 Å². The summed E-state index contributed by atoms with van der Waals surface area (Å²) in [6, 6.07) is 25.1. The summed E-state index contributed by atoms with van der Waals surface area (Å²) in [5, 5.41) is 6.06. The second-order valence-electron chi connectivity index (χ2n) is 8.58. The summed E-state index contributed by atoms with van der Waals surface area (Å²) < 4.78 is 2.12. The van der Waals surface area contributed by atoms with E-state index in [4.69, 9.17) is 9.97 Å². The fraction of sp³-hybridized carbons (Fsp3) is 0.154. The Bertz CT molecular complexity index is 1340. The molecule has 0 aliphatic heterocycles. The maximum atomic E-state index is 4.90. The lowest BCUT2D eigenvalue weighted by molar-refractivity contribution is 0.629. The summed E-state index contributed by atoms with van der Waals surface area (Å²) in [5.41, 5.74) is 4.77. The van der Waals surface area contributed by atoms with Crippen molar-refractivity contribution in [2.24, 2.45) is 0 Å². The number of anilines is 1. The molecule has 0 saturated carbocycles. The molecule has 0 bridgehead atoms. The van der Waals surface area contributed by atoms with Crippen molar-refractivity contribution in [3.63, 3.8) is 0 Å². The lowest BCUT2D eigenvalue weighted by Gasteiger charge is -2.22. The molecule has 148 valence electrons. The van der Waals surface area contributed by atoms with Gasteiger partial charge in [0.05, 0.1) is 11.9 Å². The van der Waals surface area contributed by atoms with E-state index in [2.05, 4.69) is 91.3 Å². The fourth-order valence-electron chi connectivity index (χ4n) is 3.81. The van der Waals surface area contributed by atoms with E-state index in [0.717, 1.165) is 34.0 Å². The summed E-state index contributed by atoms with van der Waals surface area (Å²) >= 11 is 0. The number of hydrogen-bond donors (Lipinski definition) is 1. The van der Waals surface area contributed by atoms with E-state index in [9.17, 15) is 0 Å². The Morgan fingerprint density at radius 3 is 2.37 bits per heavy atom. The van der Waals surface area contributed by atoms with Crippen LogP contribution in [0.1, 0.15) is 20.8 Å². The Kier molecular flexibility index (Phi) is 4.28. The maximum Gasteiger partial charge on any atom is 0.157 e. The zero-order valence-electron chi connectivity index (χ0n) is 17.4. The first-order valence-corrected chi connectivity index (χ1v) is 10.2. The highest BCUT2D eigenvalue weighted by molar-refractivity contribution is 5.95. The smallest absolute Gasteiger partial charge is 0.157 e. The minimum atomic E-state index is -0.109. The van der Waals surface area contributed by atoms with Crippen molar-refractivity contribution >= 4 is 22.2 Å². The number of fused-ring (bicyclic) bond motifs is 2. The highest BCUT2D eigenvalue weighted by Gasteiger charge is 2.20. The average Bonchev–Trinajstić information content (AvgIpc) is 3.10. The quantitative estimate of drug-likeness (QED) is 0.385. The number of benzene rings is 3. The molecule has 0 radical (unpaired) electrons. The van der Waals surface area contributed by atoms with Crippen molar-refractivity contribution in [3.8, 4) is 22.5 Å². The minimum absolute atomic E-state index is 0.109. The van der Waals surface area contributed by atoms with E-state index in [-0.39, 0.29) is 5.54 Å². The first kappa shape index (κ1) is 18.4. The third kappa shape index (κ3) is 3.30. The standard InChI is InChI=1S/C26H24N4/c1-26(2,3)29-25-24(19-11-5-4-6-12-19)28-23-16-27-22(17-30(23)25)21-15-9-13-18-10-7-8-14-20(18)21/h4-17,29H,1-3H3. The topological polar surface area (TPSA) is 42.2 Å². The predicted octanol–water partition coefficient (Wildman–Crippen LogP) is 6.43. The summed E-state index contributed by atoms with van der Waals surface area (Å²) in [6.07, 6.45) is 3.95. The summed E-state index contributed by atoms with van der Waals surface area (Å²) in [5.74, 6) is 0.979. The van der Waals surface area contributed by atoms with Crippen molar-refractivity contribution < 1.29 is 0 Å². The van der Waals surface area contributed by atoms with Crippen LogP contribution in [0.3, 0.4) is 0 Å². The highest BCUT2D eigenvalue weighted by atomic mass is 15.2. The first-order chi connectivity index (χ1) is 14.5. The van der Waals surface area contributed by atoms with Gasteiger partial charge in [-0.2, -0.15) is 0 Å². The number of imidazole rings is 1. The molecule has 0 saturated heterocycles. The van der Waals surface area contributed by atoms with Crippen LogP contribution in [0.15, 0.2) is 85.2 Å². The number of rotatable bonds is 3. The van der Waals surface area contributed by atoms with Crippen LogP contribution in [0.5, 0.6) is 0 Å². The molecule has 1 N–H and O–H groups in total. The van der Waals surface area contributed by atoms with Gasteiger partial charge in [-0.05, 0) is 31.5 Å². The van der Waals surface area contributed by atoms with E-state index in [0.29, 0.717) is 0 Å². The van der Waals surface area contributed by atoms with Crippen LogP contribution in [0.25, 0.3) is 38.9 Å². The molecule has 0 atom stereocenters. The van der Waals surface area contributed by atoms with Crippen molar-refractivity contribution in [1.82, 2.24) is 14.4 Å². The molecule has 0 unspecified atom stereocenters. The van der Waals surface area contributed by atoms with Crippen LogP contribution in [0.2, 0.25) is 0 Å². The summed E-state index contributed by atoms with van der Waals surface area (Å²) in [7, 11) is 0. The third-order valence-electron chi connectivity index (χ3n) is 5.12. The van der Waals surface area contributed by atoms with E-state index < -0.39 is 0 Å². The third-order valence-corrected chi connectivity index (χ3v) is 5.12. The van der Waals surface area contributed by atoms with Crippen LogP contribution >= 0.6 is 0 Å². The molecule has 0 fully saturated rings. The van der Waals surface area contributed by atoms with Gasteiger partial charge in [-0.25, -0.2) is 4.98 Å². The summed E-state index contributed by atoms with van der Waals surface area (Å²) in [6.45, 7) is 6.48. The first-order valence-electron chi connectivity index (χ1n) is 10.2. The molecule has 3 aromatic carbocycles. The van der Waals surface area contributed by atoms with Gasteiger partial charge in [-0.1, -0.05) is 72.8 Å². The van der Waals surface area contributed by atoms with Crippen molar-refractivity contribution in [3.05, 3.63) is 85.2 Å². The molecule has 2 aromatic heterocycles. The van der Waals surface area contributed by atoms with Gasteiger partial charge in [0.25, 0.3) is 0 Å². The Balaban J connectivity index is 1.75. The van der Waals surface area contributed by atoms with Crippen molar-refractivity contribution in [2.45, 2.75) is 26.3 Å². The van der Waals surface area contributed by atoms with Gasteiger partial charge in [-0.15, -0.1) is 0 Å². The van der Waals surface area contributed by atoms with E-state index in [1.165, 1.54) is 10.8 Å². The molecule has 5 rings (SSSR count). The largest absolute Gasteiger partial charge is 0.365 e. The Morgan fingerprint density at radius 2 is 1.57 bits per heavy atom. The molecule has 2 heterocycles. The summed E-state index contributed by atoms with van der Waals surface area (Å²) in [4.78, 5) is 9.66. The molecular formula is C26H24N4. The predicted molar refractivity (Wildman–Crippen MR) is 125 cm³/mol. The number of hydrogen-bond acceptors (Lipinski definition) is 3. The average molecular weight is 393 g/mol. The van der Waals surface area contributed by atoms with Gasteiger partial charge in [-0.3, -0.25) is 9.38 Å². The molecule has 0 spiro atoms. The highest BCUT2D eigenvalue weighted by Crippen LogP contribution is 2.33. The number of nitrogens with one attached hydrogen (secondary N) is 1. The van der Waals surface area contributed by atoms with Crippen LogP contribution in [0.4, 0.5) is 5.82 Å². The van der Waals surface area contributed by atoms with Gasteiger partial charge >= 0.3 is 0 Å². The monoisotopic (exact) mass is 392 g/mol. The lowest BCUT2D eigenvalue weighted by Crippen LogP contribution is -2.27. The van der Waals surface area contributed by atoms with Crippen LogP contribution in [-0.4, -0.2) is 19.9 Å². The van der Waals surface area contributed by atoms with Gasteiger partial charge in [0.1, 0.15) is 11.5 Å². The van der Waals surface area contributed by atoms with E-state index >= 15 is 0 Å². The van der Waals surface area contributed by atoms with Crippen LogP contribution in [0, 0.1) is 0 Å². The molecule has 0 aliphatic rings. The zero-order valence-corrected chi connectivity index (χ0v) is 17.4. The molecular weight excluding hydrogens is 368 g/mol. The number of aromatic nitrogens is 3. The number of nitrogens with zero attached hydrogens (tertiary/aromatic N) is 3. The van der Waals surface area contributed by atoms with E-state index in [1.54, 1.807) is 0 Å². The molecule has 5 aromatic rings. The van der Waals surface area contributed by atoms with Gasteiger partial charge in [0.2, 0.25) is 0 Å². The maximum absolute atomic E-state index is 4.90. The molecule has 30 heavy (non-hydrogen) atoms. The Hall–Kier alpha value is -3.66. The zero-order chi connectivity index (χ0) is 20.7. The van der Waals surface area contributed by atoms with Gasteiger partial charge < -0.3 is 5.32 Å². The van der Waals surface area contributed by atoms with Crippen LogP contribution in [-0.2, 0) is 0 Å². The second-order valence-corrected chi connectivity index (χ2v) is 8.58. The minimum Gasteiger partial charge on any atom is -0.365 e. The molecule has 4 nitrogen and oxygen atoms in total.